The van der Waals surface area contributed by atoms with Crippen molar-refractivity contribution in [1.82, 2.24) is 0 Å². The van der Waals surface area contributed by atoms with Crippen LogP contribution in [0.3, 0.4) is 0 Å². The van der Waals surface area contributed by atoms with E-state index in [9.17, 15) is 22.0 Å². The molecule has 0 spiro atoms. The van der Waals surface area contributed by atoms with Gasteiger partial charge in [0, 0.05) is 12.5 Å². The summed E-state index contributed by atoms with van der Waals surface area (Å²) in [5, 5.41) is 6.01. The number of fused-ring (bicyclic) bond motifs is 2. The third-order valence-corrected chi connectivity index (χ3v) is 10.2. The highest BCUT2D eigenvalue weighted by molar-refractivity contribution is 7.91. The molecule has 2 N–H and O–H groups in total. The van der Waals surface area contributed by atoms with Crippen molar-refractivity contribution in [3.8, 4) is 0 Å². The maximum absolute atomic E-state index is 13.3. The van der Waals surface area contributed by atoms with Gasteiger partial charge in [0.15, 0.2) is 0 Å². The average molecular weight is 422 g/mol. The van der Waals surface area contributed by atoms with Crippen LogP contribution in [0.15, 0.2) is 23.1 Å². The van der Waals surface area contributed by atoms with Crippen LogP contribution < -0.4 is 10.6 Å². The normalized spacial score (nSPS) is 42.6. The molecule has 0 aromatic heterocycles. The first-order valence-electron chi connectivity index (χ1n) is 10.6. The molecule has 5 saturated carbocycles. The van der Waals surface area contributed by atoms with Crippen LogP contribution in [0.25, 0.3) is 0 Å². The highest BCUT2D eigenvalue weighted by Crippen LogP contribution is 2.84. The maximum atomic E-state index is 13.3. The minimum absolute atomic E-state index is 0.0117. The van der Waals surface area contributed by atoms with Crippen molar-refractivity contribution >= 4 is 27.1 Å². The van der Waals surface area contributed by atoms with Gasteiger partial charge in [-0.3, -0.25) is 4.79 Å². The second-order valence-electron chi connectivity index (χ2n) is 9.49. The van der Waals surface area contributed by atoms with E-state index >= 15 is 0 Å². The van der Waals surface area contributed by atoms with Crippen LogP contribution in [0.4, 0.5) is 20.2 Å². The second kappa shape index (κ2) is 5.71. The van der Waals surface area contributed by atoms with Crippen LogP contribution >= 0.6 is 0 Å². The molecule has 0 aliphatic heterocycles. The van der Waals surface area contributed by atoms with Crippen molar-refractivity contribution < 1.29 is 22.0 Å². The number of alkyl halides is 2. The lowest BCUT2D eigenvalue weighted by Gasteiger charge is -2.47. The first-order chi connectivity index (χ1) is 13.8. The monoisotopic (exact) mass is 422 g/mol. The van der Waals surface area contributed by atoms with Gasteiger partial charge < -0.3 is 10.6 Å². The number of rotatable bonds is 6. The highest BCUT2D eigenvalue weighted by atomic mass is 32.2. The minimum atomic E-state index is -4.72. The predicted octanol–water partition coefficient (Wildman–Crippen LogP) is 3.45. The summed E-state index contributed by atoms with van der Waals surface area (Å²) in [5.41, 5.74) is 0.827. The fourth-order valence-corrected chi connectivity index (χ4v) is 9.04. The van der Waals surface area contributed by atoms with Crippen molar-refractivity contribution in [2.75, 3.05) is 17.2 Å². The lowest BCUT2D eigenvalue weighted by Crippen LogP contribution is -2.47. The fourth-order valence-electron chi connectivity index (χ4n) is 8.29. The summed E-state index contributed by atoms with van der Waals surface area (Å²) in [6.07, 6.45) is 2.57. The molecule has 9 unspecified atom stereocenters. The lowest BCUT2D eigenvalue weighted by molar-refractivity contribution is -0.127. The van der Waals surface area contributed by atoms with Gasteiger partial charge >= 0.3 is 5.76 Å². The molecule has 8 heteroatoms. The molecule has 1 aromatic rings. The molecule has 1 aromatic carbocycles. The molecule has 9 atom stereocenters. The van der Waals surface area contributed by atoms with E-state index in [1.807, 2.05) is 6.92 Å². The zero-order chi connectivity index (χ0) is 20.2. The zero-order valence-corrected chi connectivity index (χ0v) is 16.8. The average Bonchev–Trinajstić information content (AvgIpc) is 3.22. The molecular formula is C21H24F2N2O3S. The molecule has 5 fully saturated rings. The zero-order valence-electron chi connectivity index (χ0n) is 16.0. The Balaban J connectivity index is 1.31. The van der Waals surface area contributed by atoms with Gasteiger partial charge in [-0.05, 0) is 85.3 Å². The predicted molar refractivity (Wildman–Crippen MR) is 103 cm³/mol. The van der Waals surface area contributed by atoms with Gasteiger partial charge in [0.25, 0.3) is 0 Å². The number of halogens is 2. The van der Waals surface area contributed by atoms with Crippen molar-refractivity contribution in [1.29, 1.82) is 0 Å². The van der Waals surface area contributed by atoms with E-state index in [-0.39, 0.29) is 17.5 Å². The molecule has 0 saturated heterocycles. The number of carbonyl (C=O) groups excluding carboxylic acids is 1. The number of nitrogens with one attached hydrogen (secondary N) is 2. The Labute approximate surface area is 168 Å². The van der Waals surface area contributed by atoms with Crippen LogP contribution in [0, 0.1) is 53.3 Å². The SMILES string of the molecule is CCNc1ccc(S(=O)(=O)C(F)F)cc1NC(=O)C1C2C3CC4C5C3CC2C5C41. The summed E-state index contributed by atoms with van der Waals surface area (Å²) in [4.78, 5) is 12.9. The first-order valence-corrected chi connectivity index (χ1v) is 12.1. The maximum Gasteiger partial charge on any atom is 0.341 e. The molecule has 5 aliphatic rings. The Bertz CT molecular complexity index is 1010. The molecule has 0 heterocycles. The Kier molecular flexibility index (Phi) is 3.56. The third-order valence-electron chi connectivity index (χ3n) is 8.81. The van der Waals surface area contributed by atoms with Crippen LogP contribution in [0.5, 0.6) is 0 Å². The van der Waals surface area contributed by atoms with Crippen LogP contribution in [0.2, 0.25) is 0 Å². The molecule has 2 bridgehead atoms. The summed E-state index contributed by atoms with van der Waals surface area (Å²) in [7, 11) is -4.72. The third kappa shape index (κ3) is 2.09. The molecular weight excluding hydrogens is 398 g/mol. The van der Waals surface area contributed by atoms with Gasteiger partial charge in [-0.15, -0.1) is 0 Å². The summed E-state index contributed by atoms with van der Waals surface area (Å²) in [6, 6.07) is 3.79. The largest absolute Gasteiger partial charge is 0.384 e. The van der Waals surface area contributed by atoms with Crippen molar-refractivity contribution in [3.63, 3.8) is 0 Å². The highest BCUT2D eigenvalue weighted by Gasteiger charge is 2.81. The van der Waals surface area contributed by atoms with E-state index < -0.39 is 20.5 Å². The van der Waals surface area contributed by atoms with Gasteiger partial charge in [0.2, 0.25) is 15.7 Å². The van der Waals surface area contributed by atoms with E-state index in [1.165, 1.54) is 25.0 Å². The number of hydrogen-bond donors (Lipinski definition) is 2. The lowest BCUT2D eigenvalue weighted by atomic mass is 9.57. The second-order valence-corrected chi connectivity index (χ2v) is 11.4. The Morgan fingerprint density at radius 3 is 2.41 bits per heavy atom. The Morgan fingerprint density at radius 2 is 1.72 bits per heavy atom. The van der Waals surface area contributed by atoms with E-state index in [0.717, 1.165) is 17.9 Å². The Morgan fingerprint density at radius 1 is 1.03 bits per heavy atom. The minimum Gasteiger partial charge on any atom is -0.384 e. The van der Waals surface area contributed by atoms with E-state index in [1.54, 1.807) is 0 Å². The summed E-state index contributed by atoms with van der Waals surface area (Å²) < 4.78 is 49.8. The van der Waals surface area contributed by atoms with Crippen LogP contribution in [-0.2, 0) is 14.6 Å². The quantitative estimate of drug-likeness (QED) is 0.736. The fraction of sp³-hybridized carbons (Fsp3) is 0.667. The van der Waals surface area contributed by atoms with Crippen molar-refractivity contribution in [3.05, 3.63) is 18.2 Å². The number of carbonyl (C=O) groups is 1. The van der Waals surface area contributed by atoms with Gasteiger partial charge in [0.05, 0.1) is 16.3 Å². The molecule has 29 heavy (non-hydrogen) atoms. The van der Waals surface area contributed by atoms with Gasteiger partial charge in [0.1, 0.15) is 0 Å². The topological polar surface area (TPSA) is 75.3 Å². The molecule has 5 aliphatic carbocycles. The number of amides is 1. The van der Waals surface area contributed by atoms with Crippen molar-refractivity contribution in [2.45, 2.75) is 30.4 Å². The van der Waals surface area contributed by atoms with Crippen LogP contribution in [-0.4, -0.2) is 26.6 Å². The molecule has 0 radical (unpaired) electrons. The smallest absolute Gasteiger partial charge is 0.341 e. The Hall–Kier alpha value is -1.70. The molecule has 1 amide bonds. The van der Waals surface area contributed by atoms with Gasteiger partial charge in [-0.2, -0.15) is 8.78 Å². The summed E-state index contributed by atoms with van der Waals surface area (Å²) >= 11 is 0. The molecule has 6 rings (SSSR count). The molecule has 5 nitrogen and oxygen atoms in total. The van der Waals surface area contributed by atoms with Crippen LogP contribution in [0.1, 0.15) is 19.8 Å². The van der Waals surface area contributed by atoms with Crippen molar-refractivity contribution in [2.24, 2.45) is 53.3 Å². The van der Waals surface area contributed by atoms with Gasteiger partial charge in [-0.1, -0.05) is 0 Å². The van der Waals surface area contributed by atoms with E-state index in [2.05, 4.69) is 10.6 Å². The number of sulfone groups is 1. The number of hydrogen-bond acceptors (Lipinski definition) is 4. The molecule has 156 valence electrons. The van der Waals surface area contributed by atoms with Gasteiger partial charge in [-0.25, -0.2) is 8.42 Å². The summed E-state index contributed by atoms with van der Waals surface area (Å²) in [6.45, 7) is 2.45. The number of anilines is 2. The van der Waals surface area contributed by atoms with E-state index in [4.69, 9.17) is 0 Å². The van der Waals surface area contributed by atoms with E-state index in [0.29, 0.717) is 47.7 Å². The summed E-state index contributed by atoms with van der Waals surface area (Å²) in [5.74, 6) is 1.80. The first kappa shape index (κ1) is 18.1. The standard InChI is InChI=1S/C21H24F2N2O3S/c1-2-24-13-4-3-8(29(27,28)21(22)23)5-14(13)25-20(26)19-16-10-7-11-15-9(10)6-12(16)17(15)18(11)19/h3-5,9-12,15-19,21,24H,2,6-7H2,1H3,(H,25,26). The number of benzene rings is 1.